The highest BCUT2D eigenvalue weighted by Crippen LogP contribution is 2.48. The van der Waals surface area contributed by atoms with Gasteiger partial charge in [0.15, 0.2) is 0 Å². The summed E-state index contributed by atoms with van der Waals surface area (Å²) >= 11 is 0. The lowest BCUT2D eigenvalue weighted by molar-refractivity contribution is -0.116. The van der Waals surface area contributed by atoms with Crippen molar-refractivity contribution in [2.24, 2.45) is 5.92 Å². The second kappa shape index (κ2) is 4.98. The van der Waals surface area contributed by atoms with E-state index in [0.717, 1.165) is 12.8 Å². The molecule has 0 bridgehead atoms. The van der Waals surface area contributed by atoms with Gasteiger partial charge in [-0.05, 0) is 38.2 Å². The molecule has 15 heavy (non-hydrogen) atoms. The molecule has 0 aromatic rings. The molecule has 1 amide bonds. The van der Waals surface area contributed by atoms with Crippen LogP contribution in [-0.2, 0) is 9.36 Å². The Hall–Kier alpha value is -0.560. The van der Waals surface area contributed by atoms with Crippen molar-refractivity contribution in [1.29, 1.82) is 0 Å². The van der Waals surface area contributed by atoms with Crippen LogP contribution >= 0.6 is 7.14 Å². The van der Waals surface area contributed by atoms with E-state index in [-0.39, 0.29) is 11.7 Å². The van der Waals surface area contributed by atoms with E-state index in [1.54, 1.807) is 13.3 Å². The highest BCUT2D eigenvalue weighted by molar-refractivity contribution is 7.63. The Morgan fingerprint density at radius 1 is 1.47 bits per heavy atom. The number of carbonyl (C=O) groups excluding carboxylic acids is 1. The molecule has 1 fully saturated rings. The molecule has 1 aliphatic rings. The van der Waals surface area contributed by atoms with Gasteiger partial charge in [-0.1, -0.05) is 19.4 Å². The average Bonchev–Trinajstić information content (AvgIpc) is 2.64. The van der Waals surface area contributed by atoms with Gasteiger partial charge in [-0.2, -0.15) is 0 Å². The van der Waals surface area contributed by atoms with Crippen molar-refractivity contribution >= 4 is 13.0 Å². The van der Waals surface area contributed by atoms with Crippen LogP contribution in [0.1, 0.15) is 25.7 Å². The minimum absolute atomic E-state index is 0.162. The lowest BCUT2D eigenvalue weighted by Crippen LogP contribution is -2.38. The molecule has 1 atom stereocenters. The molecule has 86 valence electrons. The minimum atomic E-state index is -2.27. The predicted molar refractivity (Wildman–Crippen MR) is 63.5 cm³/mol. The van der Waals surface area contributed by atoms with Crippen LogP contribution in [-0.4, -0.2) is 25.0 Å². The molecular weight excluding hydrogens is 209 g/mol. The van der Waals surface area contributed by atoms with Gasteiger partial charge < -0.3 is 9.88 Å². The molecule has 3 nitrogen and oxygen atoms in total. The van der Waals surface area contributed by atoms with Gasteiger partial charge in [-0.3, -0.25) is 4.79 Å². The summed E-state index contributed by atoms with van der Waals surface area (Å²) in [6.45, 7) is 6.92. The SMILES string of the molecule is C=CC(=O)N[C@@H](C1CCCC1)P(C)(C)=O. The van der Waals surface area contributed by atoms with E-state index in [4.69, 9.17) is 0 Å². The first kappa shape index (κ1) is 12.5. The summed E-state index contributed by atoms with van der Waals surface area (Å²) in [5.74, 6) is 0.0102. The summed E-state index contributed by atoms with van der Waals surface area (Å²) in [7, 11) is -2.27. The second-order valence-electron chi connectivity index (χ2n) is 4.64. The minimum Gasteiger partial charge on any atom is -0.343 e. The average molecular weight is 229 g/mol. The van der Waals surface area contributed by atoms with Crippen LogP contribution < -0.4 is 5.32 Å². The third-order valence-corrected chi connectivity index (χ3v) is 4.88. The fourth-order valence-corrected chi connectivity index (χ4v) is 4.01. The van der Waals surface area contributed by atoms with Gasteiger partial charge >= 0.3 is 0 Å². The summed E-state index contributed by atoms with van der Waals surface area (Å²) < 4.78 is 12.1. The zero-order chi connectivity index (χ0) is 11.5. The van der Waals surface area contributed by atoms with Crippen LogP contribution in [0.4, 0.5) is 0 Å². The van der Waals surface area contributed by atoms with Crippen molar-refractivity contribution in [3.8, 4) is 0 Å². The molecule has 1 saturated carbocycles. The third-order valence-electron chi connectivity index (χ3n) is 2.99. The number of hydrogen-bond acceptors (Lipinski definition) is 2. The quantitative estimate of drug-likeness (QED) is 0.594. The van der Waals surface area contributed by atoms with Crippen molar-refractivity contribution in [1.82, 2.24) is 5.32 Å². The molecule has 0 aromatic carbocycles. The van der Waals surface area contributed by atoms with Gasteiger partial charge in [0.05, 0.1) is 5.78 Å². The topological polar surface area (TPSA) is 46.2 Å². The molecule has 0 unspecified atom stereocenters. The third kappa shape index (κ3) is 3.49. The maximum absolute atomic E-state index is 12.1. The standard InChI is InChI=1S/C11H20NO2P/c1-4-10(13)12-11(15(2,3)14)9-7-5-6-8-9/h4,9,11H,1,5-8H2,2-3H3,(H,12,13)/t11-/m1/s1. The summed E-state index contributed by atoms with van der Waals surface area (Å²) in [5.41, 5.74) is 0. The zero-order valence-corrected chi connectivity index (χ0v) is 10.4. The Morgan fingerprint density at radius 2 is 2.00 bits per heavy atom. The maximum Gasteiger partial charge on any atom is 0.243 e. The highest BCUT2D eigenvalue weighted by Gasteiger charge is 2.33. The predicted octanol–water partition coefficient (Wildman–Crippen LogP) is 2.43. The molecular formula is C11H20NO2P. The fraction of sp³-hybridized carbons (Fsp3) is 0.727. The van der Waals surface area contributed by atoms with E-state index in [1.807, 2.05) is 0 Å². The summed E-state index contributed by atoms with van der Waals surface area (Å²) in [4.78, 5) is 11.3. The van der Waals surface area contributed by atoms with Gasteiger partial charge in [0.2, 0.25) is 5.91 Å². The first-order chi connectivity index (χ1) is 6.95. The van der Waals surface area contributed by atoms with E-state index in [0.29, 0.717) is 5.92 Å². The van der Waals surface area contributed by atoms with Gasteiger partial charge in [0.25, 0.3) is 0 Å². The summed E-state index contributed by atoms with van der Waals surface area (Å²) in [6.07, 6.45) is 5.77. The Bertz CT molecular complexity index is 289. The molecule has 0 aromatic heterocycles. The van der Waals surface area contributed by atoms with E-state index < -0.39 is 7.14 Å². The van der Waals surface area contributed by atoms with Crippen LogP contribution in [0.5, 0.6) is 0 Å². The van der Waals surface area contributed by atoms with Crippen molar-refractivity contribution in [2.75, 3.05) is 13.3 Å². The van der Waals surface area contributed by atoms with Crippen molar-refractivity contribution in [3.05, 3.63) is 12.7 Å². The number of nitrogens with one attached hydrogen (secondary N) is 1. The molecule has 1 N–H and O–H groups in total. The molecule has 4 heteroatoms. The van der Waals surface area contributed by atoms with Crippen molar-refractivity contribution in [2.45, 2.75) is 31.5 Å². The molecule has 1 aliphatic carbocycles. The lowest BCUT2D eigenvalue weighted by atomic mass is 10.1. The maximum atomic E-state index is 12.1. The molecule has 1 rings (SSSR count). The molecule has 0 spiro atoms. The van der Waals surface area contributed by atoms with Crippen LogP contribution in [0.25, 0.3) is 0 Å². The monoisotopic (exact) mass is 229 g/mol. The first-order valence-corrected chi connectivity index (χ1v) is 8.10. The van der Waals surface area contributed by atoms with Crippen LogP contribution in [0, 0.1) is 5.92 Å². The number of amides is 1. The largest absolute Gasteiger partial charge is 0.343 e. The number of carbonyl (C=O) groups is 1. The number of rotatable bonds is 4. The van der Waals surface area contributed by atoms with Gasteiger partial charge in [-0.15, -0.1) is 0 Å². The number of hydrogen-bond donors (Lipinski definition) is 1. The highest BCUT2D eigenvalue weighted by atomic mass is 31.2. The van der Waals surface area contributed by atoms with Crippen molar-refractivity contribution < 1.29 is 9.36 Å². The molecule has 0 radical (unpaired) electrons. The Morgan fingerprint density at radius 3 is 2.40 bits per heavy atom. The van der Waals surface area contributed by atoms with Gasteiger partial charge in [-0.25, -0.2) is 0 Å². The van der Waals surface area contributed by atoms with E-state index in [1.165, 1.54) is 18.9 Å². The van der Waals surface area contributed by atoms with E-state index >= 15 is 0 Å². The normalized spacial score (nSPS) is 19.9. The Kier molecular flexibility index (Phi) is 4.15. The van der Waals surface area contributed by atoms with Gasteiger partial charge in [0.1, 0.15) is 7.14 Å². The van der Waals surface area contributed by atoms with Crippen LogP contribution in [0.2, 0.25) is 0 Å². The summed E-state index contributed by atoms with van der Waals surface area (Å²) in [6, 6.07) is 0. The molecule has 0 aliphatic heterocycles. The molecule has 0 saturated heterocycles. The van der Waals surface area contributed by atoms with Crippen LogP contribution in [0.15, 0.2) is 12.7 Å². The lowest BCUT2D eigenvalue weighted by Gasteiger charge is -2.27. The smallest absolute Gasteiger partial charge is 0.243 e. The first-order valence-electron chi connectivity index (χ1n) is 5.42. The van der Waals surface area contributed by atoms with Crippen molar-refractivity contribution in [3.63, 3.8) is 0 Å². The van der Waals surface area contributed by atoms with Gasteiger partial charge in [0, 0.05) is 0 Å². The Balaban J connectivity index is 2.73. The van der Waals surface area contributed by atoms with Crippen LogP contribution in [0.3, 0.4) is 0 Å². The Labute approximate surface area is 91.7 Å². The molecule has 0 heterocycles. The second-order valence-corrected chi connectivity index (χ2v) is 8.06. The van der Waals surface area contributed by atoms with E-state index in [9.17, 15) is 9.36 Å². The van der Waals surface area contributed by atoms with E-state index in [2.05, 4.69) is 11.9 Å². The summed E-state index contributed by atoms with van der Waals surface area (Å²) in [5, 5.41) is 2.83. The zero-order valence-electron chi connectivity index (χ0n) is 9.53. The fourth-order valence-electron chi connectivity index (χ4n) is 2.26.